The Balaban J connectivity index is 2.05. The molecule has 0 saturated carbocycles. The zero-order valence-corrected chi connectivity index (χ0v) is 12.7. The third-order valence-corrected chi connectivity index (χ3v) is 3.91. The van der Waals surface area contributed by atoms with E-state index in [1.54, 1.807) is 18.3 Å². The van der Waals surface area contributed by atoms with E-state index in [-0.39, 0.29) is 5.78 Å². The first-order valence-corrected chi connectivity index (χ1v) is 7.39. The van der Waals surface area contributed by atoms with Crippen molar-refractivity contribution < 1.29 is 9.53 Å². The molecule has 0 aliphatic heterocycles. The average molecular weight is 338 g/mol. The van der Waals surface area contributed by atoms with E-state index in [2.05, 4.69) is 20.9 Å². The standard InChI is InChI=1S/C14H12BrNO2S/c1-18-13-6-3-7-16-14(13)12(17)9-19-11-5-2-4-10(15)8-11/h2-8H,9H2,1H3. The van der Waals surface area contributed by atoms with Crippen LogP contribution in [0.1, 0.15) is 10.5 Å². The molecule has 98 valence electrons. The highest BCUT2D eigenvalue weighted by atomic mass is 79.9. The average Bonchev–Trinajstić information content (AvgIpc) is 2.45. The summed E-state index contributed by atoms with van der Waals surface area (Å²) < 4.78 is 6.14. The molecule has 0 spiro atoms. The number of aromatic nitrogens is 1. The fourth-order valence-corrected chi connectivity index (χ4v) is 2.91. The van der Waals surface area contributed by atoms with Crippen molar-refractivity contribution in [3.8, 4) is 5.75 Å². The monoisotopic (exact) mass is 337 g/mol. The van der Waals surface area contributed by atoms with E-state index in [1.165, 1.54) is 18.9 Å². The second kappa shape index (κ2) is 6.73. The molecule has 0 radical (unpaired) electrons. The quantitative estimate of drug-likeness (QED) is 0.614. The molecule has 0 N–H and O–H groups in total. The fraction of sp³-hybridized carbons (Fsp3) is 0.143. The summed E-state index contributed by atoms with van der Waals surface area (Å²) in [4.78, 5) is 17.2. The number of rotatable bonds is 5. The highest BCUT2D eigenvalue weighted by molar-refractivity contribution is 9.10. The van der Waals surface area contributed by atoms with E-state index in [9.17, 15) is 4.79 Å². The van der Waals surface area contributed by atoms with Crippen LogP contribution in [0.25, 0.3) is 0 Å². The van der Waals surface area contributed by atoms with Gasteiger partial charge < -0.3 is 4.74 Å². The number of Topliss-reactive ketones (excluding diaryl/α,β-unsaturated/α-hetero) is 1. The minimum Gasteiger partial charge on any atom is -0.494 e. The molecule has 1 heterocycles. The second-order valence-corrected chi connectivity index (χ2v) is 5.69. The predicted molar refractivity (Wildman–Crippen MR) is 80.0 cm³/mol. The first-order valence-electron chi connectivity index (χ1n) is 5.61. The van der Waals surface area contributed by atoms with Crippen molar-refractivity contribution in [1.29, 1.82) is 0 Å². The molecule has 19 heavy (non-hydrogen) atoms. The minimum absolute atomic E-state index is 0.0394. The first kappa shape index (κ1) is 14.1. The Morgan fingerprint density at radius 2 is 2.21 bits per heavy atom. The number of ketones is 1. The Bertz CT molecular complexity index is 589. The van der Waals surface area contributed by atoms with Gasteiger partial charge in [-0.1, -0.05) is 22.0 Å². The van der Waals surface area contributed by atoms with Gasteiger partial charge in [-0.25, -0.2) is 4.98 Å². The van der Waals surface area contributed by atoms with Gasteiger partial charge >= 0.3 is 0 Å². The summed E-state index contributed by atoms with van der Waals surface area (Å²) in [6.07, 6.45) is 1.60. The molecule has 1 aromatic heterocycles. The van der Waals surface area contributed by atoms with Gasteiger partial charge in [0.05, 0.1) is 12.9 Å². The number of nitrogens with zero attached hydrogens (tertiary/aromatic N) is 1. The van der Waals surface area contributed by atoms with Crippen LogP contribution >= 0.6 is 27.7 Å². The number of hydrogen-bond acceptors (Lipinski definition) is 4. The fourth-order valence-electron chi connectivity index (χ4n) is 1.54. The van der Waals surface area contributed by atoms with Gasteiger partial charge in [-0.05, 0) is 30.3 Å². The van der Waals surface area contributed by atoms with E-state index in [4.69, 9.17) is 4.74 Å². The maximum Gasteiger partial charge on any atom is 0.195 e. The van der Waals surface area contributed by atoms with Crippen LogP contribution in [0.15, 0.2) is 52.0 Å². The Labute approximate surface area is 124 Å². The number of pyridine rings is 1. The molecular weight excluding hydrogens is 326 g/mol. The number of carbonyl (C=O) groups is 1. The Hall–Kier alpha value is -1.33. The lowest BCUT2D eigenvalue weighted by Gasteiger charge is -2.06. The van der Waals surface area contributed by atoms with Crippen molar-refractivity contribution >= 4 is 33.5 Å². The zero-order valence-electron chi connectivity index (χ0n) is 10.3. The molecule has 5 heteroatoms. The minimum atomic E-state index is -0.0394. The topological polar surface area (TPSA) is 39.2 Å². The molecular formula is C14H12BrNO2S. The maximum absolute atomic E-state index is 12.1. The van der Waals surface area contributed by atoms with Crippen molar-refractivity contribution in [3.05, 3.63) is 52.8 Å². The lowest BCUT2D eigenvalue weighted by molar-refractivity contribution is 0.101. The van der Waals surface area contributed by atoms with Gasteiger partial charge in [0.2, 0.25) is 0 Å². The third-order valence-electron chi connectivity index (χ3n) is 2.42. The van der Waals surface area contributed by atoms with Crippen LogP contribution in [-0.4, -0.2) is 23.6 Å². The second-order valence-electron chi connectivity index (χ2n) is 3.72. The summed E-state index contributed by atoms with van der Waals surface area (Å²) in [5.74, 6) is 0.814. The van der Waals surface area contributed by atoms with Crippen molar-refractivity contribution in [2.45, 2.75) is 4.90 Å². The molecule has 2 rings (SSSR count). The normalized spacial score (nSPS) is 10.2. The SMILES string of the molecule is COc1cccnc1C(=O)CSc1cccc(Br)c1. The summed E-state index contributed by atoms with van der Waals surface area (Å²) in [5, 5.41) is 0. The molecule has 3 nitrogen and oxygen atoms in total. The summed E-state index contributed by atoms with van der Waals surface area (Å²) in [5.41, 5.74) is 0.382. The van der Waals surface area contributed by atoms with Gasteiger partial charge in [-0.2, -0.15) is 0 Å². The van der Waals surface area contributed by atoms with Crippen molar-refractivity contribution in [3.63, 3.8) is 0 Å². The smallest absolute Gasteiger partial charge is 0.195 e. The number of benzene rings is 1. The van der Waals surface area contributed by atoms with Crippen molar-refractivity contribution in [2.75, 3.05) is 12.9 Å². The van der Waals surface area contributed by atoms with Crippen molar-refractivity contribution in [1.82, 2.24) is 4.98 Å². The van der Waals surface area contributed by atoms with Gasteiger partial charge in [0, 0.05) is 15.6 Å². The van der Waals surface area contributed by atoms with Crippen LogP contribution in [0.2, 0.25) is 0 Å². The highest BCUT2D eigenvalue weighted by Crippen LogP contribution is 2.24. The first-order chi connectivity index (χ1) is 9.20. The summed E-state index contributed by atoms with van der Waals surface area (Å²) in [7, 11) is 1.54. The molecule has 0 unspecified atom stereocenters. The molecule has 0 atom stereocenters. The largest absolute Gasteiger partial charge is 0.494 e. The Kier molecular flexibility index (Phi) is 4.99. The highest BCUT2D eigenvalue weighted by Gasteiger charge is 2.13. The van der Waals surface area contributed by atoms with E-state index < -0.39 is 0 Å². The molecule has 0 saturated heterocycles. The number of hydrogen-bond donors (Lipinski definition) is 0. The van der Waals surface area contributed by atoms with Gasteiger partial charge in [0.25, 0.3) is 0 Å². The van der Waals surface area contributed by atoms with Crippen LogP contribution < -0.4 is 4.74 Å². The number of thioether (sulfide) groups is 1. The van der Waals surface area contributed by atoms with Gasteiger partial charge in [0.1, 0.15) is 11.4 Å². The van der Waals surface area contributed by atoms with Crippen LogP contribution in [0.5, 0.6) is 5.75 Å². The molecule has 0 bridgehead atoms. The van der Waals surface area contributed by atoms with E-state index in [1.807, 2.05) is 24.3 Å². The molecule has 0 amide bonds. The summed E-state index contributed by atoms with van der Waals surface area (Å²) >= 11 is 4.89. The van der Waals surface area contributed by atoms with Crippen LogP contribution in [0.4, 0.5) is 0 Å². The maximum atomic E-state index is 12.1. The van der Waals surface area contributed by atoms with Gasteiger partial charge in [0.15, 0.2) is 5.78 Å². The van der Waals surface area contributed by atoms with E-state index >= 15 is 0 Å². The van der Waals surface area contributed by atoms with Crippen LogP contribution in [-0.2, 0) is 0 Å². The van der Waals surface area contributed by atoms with Crippen molar-refractivity contribution in [2.24, 2.45) is 0 Å². The lowest BCUT2D eigenvalue weighted by Crippen LogP contribution is -2.07. The lowest BCUT2D eigenvalue weighted by atomic mass is 10.2. The Morgan fingerprint density at radius 3 is 2.95 bits per heavy atom. The van der Waals surface area contributed by atoms with Gasteiger partial charge in [-0.3, -0.25) is 4.79 Å². The predicted octanol–water partition coefficient (Wildman–Crippen LogP) is 3.83. The molecule has 2 aromatic rings. The van der Waals surface area contributed by atoms with E-state index in [0.717, 1.165) is 9.37 Å². The third kappa shape index (κ3) is 3.81. The number of carbonyl (C=O) groups excluding carboxylic acids is 1. The molecule has 0 aliphatic rings. The number of halogens is 1. The number of methoxy groups -OCH3 is 1. The van der Waals surface area contributed by atoms with Gasteiger partial charge in [-0.15, -0.1) is 11.8 Å². The van der Waals surface area contributed by atoms with Crippen LogP contribution in [0, 0.1) is 0 Å². The molecule has 0 fully saturated rings. The summed E-state index contributed by atoms with van der Waals surface area (Å²) in [6, 6.07) is 11.3. The van der Waals surface area contributed by atoms with E-state index in [0.29, 0.717) is 17.2 Å². The molecule has 1 aromatic carbocycles. The molecule has 0 aliphatic carbocycles. The summed E-state index contributed by atoms with van der Waals surface area (Å²) in [6.45, 7) is 0. The van der Waals surface area contributed by atoms with Crippen LogP contribution in [0.3, 0.4) is 0 Å². The zero-order chi connectivity index (χ0) is 13.7. The Morgan fingerprint density at radius 1 is 1.37 bits per heavy atom. The number of ether oxygens (including phenoxy) is 1.